The van der Waals surface area contributed by atoms with Crippen LogP contribution in [0.5, 0.6) is 23.0 Å². The Bertz CT molecular complexity index is 836. The maximum absolute atomic E-state index is 12.2. The summed E-state index contributed by atoms with van der Waals surface area (Å²) in [6, 6.07) is 10.0. The molecule has 0 aromatic heterocycles. The summed E-state index contributed by atoms with van der Waals surface area (Å²) >= 11 is 0. The Morgan fingerprint density at radius 3 is 2.73 bits per heavy atom. The molecule has 2 aromatic rings. The van der Waals surface area contributed by atoms with Crippen LogP contribution in [0.2, 0.25) is 0 Å². The summed E-state index contributed by atoms with van der Waals surface area (Å²) in [5.41, 5.74) is 0.986. The normalized spacial score (nSPS) is 12.3. The van der Waals surface area contributed by atoms with Crippen molar-refractivity contribution in [1.82, 2.24) is 0 Å². The van der Waals surface area contributed by atoms with Crippen LogP contribution in [-0.2, 0) is 9.59 Å². The summed E-state index contributed by atoms with van der Waals surface area (Å²) in [6.07, 6.45) is 0. The van der Waals surface area contributed by atoms with Gasteiger partial charge in [-0.3, -0.25) is 9.59 Å². The van der Waals surface area contributed by atoms with Crippen molar-refractivity contribution in [3.63, 3.8) is 0 Å². The number of rotatable bonds is 6. The molecule has 2 N–H and O–H groups in total. The maximum atomic E-state index is 12.2. The number of fused-ring (bicyclic) bond motifs is 1. The largest absolute Gasteiger partial charge is 0.497 e. The van der Waals surface area contributed by atoms with E-state index in [0.29, 0.717) is 34.4 Å². The second kappa shape index (κ2) is 7.64. The number of methoxy groups -OCH3 is 2. The molecule has 26 heavy (non-hydrogen) atoms. The van der Waals surface area contributed by atoms with Crippen molar-refractivity contribution in [1.29, 1.82) is 0 Å². The summed E-state index contributed by atoms with van der Waals surface area (Å²) in [6.45, 7) is -0.230. The van der Waals surface area contributed by atoms with Crippen LogP contribution in [0, 0.1) is 0 Å². The monoisotopic (exact) mass is 358 g/mol. The number of nitrogens with one attached hydrogen (secondary N) is 2. The molecule has 1 aliphatic rings. The molecule has 0 aliphatic carbocycles. The van der Waals surface area contributed by atoms with E-state index in [1.807, 2.05) is 0 Å². The highest BCUT2D eigenvalue weighted by molar-refractivity contribution is 5.96. The van der Waals surface area contributed by atoms with Crippen molar-refractivity contribution < 1.29 is 28.5 Å². The van der Waals surface area contributed by atoms with E-state index in [1.54, 1.807) is 36.4 Å². The average molecular weight is 358 g/mol. The van der Waals surface area contributed by atoms with Gasteiger partial charge in [-0.05, 0) is 24.3 Å². The van der Waals surface area contributed by atoms with Gasteiger partial charge >= 0.3 is 0 Å². The summed E-state index contributed by atoms with van der Waals surface area (Å²) in [7, 11) is 3.05. The molecule has 0 saturated carbocycles. The summed E-state index contributed by atoms with van der Waals surface area (Å²) in [4.78, 5) is 23.5. The van der Waals surface area contributed by atoms with Gasteiger partial charge in [0.25, 0.3) is 11.8 Å². The Morgan fingerprint density at radius 1 is 1.15 bits per heavy atom. The maximum Gasteiger partial charge on any atom is 0.262 e. The second-order valence-corrected chi connectivity index (χ2v) is 5.40. The third kappa shape index (κ3) is 3.97. The van der Waals surface area contributed by atoms with E-state index >= 15 is 0 Å². The highest BCUT2D eigenvalue weighted by Crippen LogP contribution is 2.32. The molecule has 0 atom stereocenters. The van der Waals surface area contributed by atoms with Crippen LogP contribution in [0.15, 0.2) is 36.4 Å². The van der Waals surface area contributed by atoms with Crippen LogP contribution >= 0.6 is 0 Å². The molecule has 0 radical (unpaired) electrons. The second-order valence-electron chi connectivity index (χ2n) is 5.40. The molecule has 3 rings (SSSR count). The predicted molar refractivity (Wildman–Crippen MR) is 94.2 cm³/mol. The van der Waals surface area contributed by atoms with Crippen LogP contribution in [0.1, 0.15) is 0 Å². The van der Waals surface area contributed by atoms with Gasteiger partial charge in [0.15, 0.2) is 13.2 Å². The van der Waals surface area contributed by atoms with Crippen molar-refractivity contribution in [2.75, 3.05) is 38.1 Å². The third-order valence-electron chi connectivity index (χ3n) is 3.63. The molecule has 0 unspecified atom stereocenters. The molecule has 8 nitrogen and oxygen atoms in total. The van der Waals surface area contributed by atoms with Gasteiger partial charge in [-0.1, -0.05) is 0 Å². The lowest BCUT2D eigenvalue weighted by atomic mass is 10.2. The fraction of sp³-hybridized carbons (Fsp3) is 0.222. The number of ether oxygens (including phenoxy) is 4. The first-order valence-corrected chi connectivity index (χ1v) is 7.80. The summed E-state index contributed by atoms with van der Waals surface area (Å²) < 4.78 is 21.1. The molecular formula is C18H18N2O6. The van der Waals surface area contributed by atoms with E-state index in [0.717, 1.165) is 0 Å². The molecule has 0 spiro atoms. The number of amides is 2. The molecule has 0 fully saturated rings. The van der Waals surface area contributed by atoms with Crippen LogP contribution < -0.4 is 29.6 Å². The minimum Gasteiger partial charge on any atom is -0.497 e. The minimum absolute atomic E-state index is 0.0159. The number of carbonyl (C=O) groups excluding carboxylic acids is 2. The Balaban J connectivity index is 1.63. The average Bonchev–Trinajstić information content (AvgIpc) is 2.65. The number of hydrogen-bond acceptors (Lipinski definition) is 6. The SMILES string of the molecule is COc1ccc(OC)c(NC(=O)COc2ccc3c(c2)NC(=O)CO3)c1. The lowest BCUT2D eigenvalue weighted by Crippen LogP contribution is -2.25. The molecule has 2 aromatic carbocycles. The van der Waals surface area contributed by atoms with Crippen LogP contribution in [0.3, 0.4) is 0 Å². The number of carbonyl (C=O) groups is 2. The fourth-order valence-electron chi connectivity index (χ4n) is 2.40. The first-order valence-electron chi connectivity index (χ1n) is 7.80. The smallest absolute Gasteiger partial charge is 0.262 e. The highest BCUT2D eigenvalue weighted by Gasteiger charge is 2.17. The molecule has 136 valence electrons. The zero-order valence-electron chi connectivity index (χ0n) is 14.3. The van der Waals surface area contributed by atoms with Gasteiger partial charge in [-0.2, -0.15) is 0 Å². The van der Waals surface area contributed by atoms with E-state index in [4.69, 9.17) is 18.9 Å². The predicted octanol–water partition coefficient (Wildman–Crippen LogP) is 2.05. The van der Waals surface area contributed by atoms with Crippen molar-refractivity contribution in [3.8, 4) is 23.0 Å². The zero-order valence-corrected chi connectivity index (χ0v) is 14.3. The first kappa shape index (κ1) is 17.4. The molecule has 0 bridgehead atoms. The standard InChI is InChI=1S/C18H18N2O6/c1-23-11-3-5-15(24-2)13(7-11)19-17(21)9-25-12-4-6-16-14(8-12)20-18(22)10-26-16/h3-8H,9-10H2,1-2H3,(H,19,21)(H,20,22). The number of benzene rings is 2. The first-order chi connectivity index (χ1) is 12.6. The number of anilines is 2. The van der Waals surface area contributed by atoms with Gasteiger partial charge in [0, 0.05) is 12.1 Å². The van der Waals surface area contributed by atoms with Crippen LogP contribution in [0.4, 0.5) is 11.4 Å². The third-order valence-corrected chi connectivity index (χ3v) is 3.63. The van der Waals surface area contributed by atoms with E-state index in [-0.39, 0.29) is 25.0 Å². The van der Waals surface area contributed by atoms with Gasteiger partial charge in [-0.15, -0.1) is 0 Å². The fourth-order valence-corrected chi connectivity index (χ4v) is 2.40. The minimum atomic E-state index is -0.366. The topological polar surface area (TPSA) is 95.1 Å². The van der Waals surface area contributed by atoms with Crippen molar-refractivity contribution in [2.24, 2.45) is 0 Å². The molecule has 0 saturated heterocycles. The Morgan fingerprint density at radius 2 is 1.96 bits per heavy atom. The highest BCUT2D eigenvalue weighted by atomic mass is 16.5. The van der Waals surface area contributed by atoms with Gasteiger partial charge < -0.3 is 29.6 Å². The Kier molecular flexibility index (Phi) is 5.12. The Labute approximate surface area is 150 Å². The van der Waals surface area contributed by atoms with E-state index < -0.39 is 0 Å². The molecule has 8 heteroatoms. The molecule has 1 heterocycles. The van der Waals surface area contributed by atoms with Crippen LogP contribution in [-0.4, -0.2) is 39.2 Å². The van der Waals surface area contributed by atoms with E-state index in [2.05, 4.69) is 10.6 Å². The summed E-state index contributed by atoms with van der Waals surface area (Å²) in [5, 5.41) is 5.39. The quantitative estimate of drug-likeness (QED) is 0.821. The van der Waals surface area contributed by atoms with Crippen molar-refractivity contribution >= 4 is 23.2 Å². The van der Waals surface area contributed by atoms with Gasteiger partial charge in [0.2, 0.25) is 0 Å². The van der Waals surface area contributed by atoms with Gasteiger partial charge in [0.1, 0.15) is 23.0 Å². The van der Waals surface area contributed by atoms with E-state index in [9.17, 15) is 9.59 Å². The zero-order chi connectivity index (χ0) is 18.5. The van der Waals surface area contributed by atoms with Gasteiger partial charge in [0.05, 0.1) is 25.6 Å². The molecule has 1 aliphatic heterocycles. The van der Waals surface area contributed by atoms with Crippen molar-refractivity contribution in [2.45, 2.75) is 0 Å². The lowest BCUT2D eigenvalue weighted by Gasteiger charge is -2.18. The van der Waals surface area contributed by atoms with Gasteiger partial charge in [-0.25, -0.2) is 0 Å². The Hall–Kier alpha value is -3.42. The number of hydrogen-bond donors (Lipinski definition) is 2. The van der Waals surface area contributed by atoms with E-state index in [1.165, 1.54) is 14.2 Å². The van der Waals surface area contributed by atoms with Crippen LogP contribution in [0.25, 0.3) is 0 Å². The lowest BCUT2D eigenvalue weighted by molar-refractivity contribution is -0.119. The molecular weight excluding hydrogens is 340 g/mol. The molecule has 2 amide bonds. The van der Waals surface area contributed by atoms with Crippen molar-refractivity contribution in [3.05, 3.63) is 36.4 Å². The summed E-state index contributed by atoms with van der Waals surface area (Å²) in [5.74, 6) is 1.48.